The first-order chi connectivity index (χ1) is 8.72. The van der Waals surface area contributed by atoms with Crippen LogP contribution < -0.4 is 11.3 Å². The van der Waals surface area contributed by atoms with E-state index in [1.165, 1.54) is 0 Å². The molecule has 2 aromatic rings. The van der Waals surface area contributed by atoms with E-state index in [9.17, 15) is 4.79 Å². The smallest absolute Gasteiger partial charge is 0.271 e. The van der Waals surface area contributed by atoms with E-state index in [1.54, 1.807) is 18.5 Å². The predicted molar refractivity (Wildman–Crippen MR) is 73.3 cm³/mol. The van der Waals surface area contributed by atoms with Crippen molar-refractivity contribution >= 4 is 5.69 Å². The second kappa shape index (κ2) is 5.49. The fourth-order valence-corrected chi connectivity index (χ4v) is 1.92. The first-order valence-electron chi connectivity index (χ1n) is 6.14. The maximum Gasteiger partial charge on any atom is 0.271 e. The molecule has 4 heteroatoms. The molecule has 0 bridgehead atoms. The number of hydrogen-bond donors (Lipinski definition) is 2. The molecule has 0 aromatic carbocycles. The molecular weight excluding hydrogens is 226 g/mol. The van der Waals surface area contributed by atoms with Gasteiger partial charge in [-0.3, -0.25) is 9.78 Å². The zero-order valence-electron chi connectivity index (χ0n) is 10.4. The van der Waals surface area contributed by atoms with Crippen LogP contribution in [0.3, 0.4) is 0 Å². The normalized spacial score (nSPS) is 10.5. The highest BCUT2D eigenvalue weighted by atomic mass is 16.1. The van der Waals surface area contributed by atoms with Gasteiger partial charge in [0.1, 0.15) is 0 Å². The van der Waals surface area contributed by atoms with E-state index >= 15 is 0 Å². The van der Waals surface area contributed by atoms with Crippen molar-refractivity contribution in [3.63, 3.8) is 0 Å². The first kappa shape index (κ1) is 12.4. The monoisotopic (exact) mass is 243 g/mol. The summed E-state index contributed by atoms with van der Waals surface area (Å²) in [5, 5.41) is 0. The molecule has 0 atom stereocenters. The van der Waals surface area contributed by atoms with Gasteiger partial charge in [-0.05, 0) is 36.6 Å². The van der Waals surface area contributed by atoms with Crippen molar-refractivity contribution in [2.75, 3.05) is 5.73 Å². The molecule has 4 nitrogen and oxygen atoms in total. The molecule has 94 valence electrons. The van der Waals surface area contributed by atoms with Gasteiger partial charge in [0.2, 0.25) is 0 Å². The minimum atomic E-state index is -0.209. The topological polar surface area (TPSA) is 71.8 Å². The highest BCUT2D eigenvalue weighted by Crippen LogP contribution is 2.23. The zero-order chi connectivity index (χ0) is 13.0. The zero-order valence-corrected chi connectivity index (χ0v) is 10.4. The average molecular weight is 243 g/mol. The maximum absolute atomic E-state index is 11.6. The Balaban J connectivity index is 2.50. The van der Waals surface area contributed by atoms with E-state index in [0.29, 0.717) is 0 Å². The summed E-state index contributed by atoms with van der Waals surface area (Å²) in [5.41, 5.74) is 8.70. The second-order valence-corrected chi connectivity index (χ2v) is 4.29. The number of nitrogens with one attached hydrogen (secondary N) is 1. The summed E-state index contributed by atoms with van der Waals surface area (Å²) in [5.74, 6) is 0. The lowest BCUT2D eigenvalue weighted by atomic mass is 10.0. The van der Waals surface area contributed by atoms with Crippen LogP contribution in [0.5, 0.6) is 0 Å². The summed E-state index contributed by atoms with van der Waals surface area (Å²) in [7, 11) is 0. The largest absolute Gasteiger partial charge is 0.394 e. The average Bonchev–Trinajstić information content (AvgIpc) is 2.40. The van der Waals surface area contributed by atoms with Gasteiger partial charge in [-0.1, -0.05) is 13.3 Å². The molecule has 0 aliphatic carbocycles. The minimum absolute atomic E-state index is 0.209. The molecule has 0 radical (unpaired) electrons. The molecule has 0 saturated carbocycles. The Morgan fingerprint density at radius 1 is 1.33 bits per heavy atom. The fraction of sp³-hybridized carbons (Fsp3) is 0.286. The Bertz CT molecular complexity index is 575. The van der Waals surface area contributed by atoms with Crippen molar-refractivity contribution < 1.29 is 0 Å². The van der Waals surface area contributed by atoms with Gasteiger partial charge in [0.05, 0.1) is 5.69 Å². The minimum Gasteiger partial charge on any atom is -0.394 e. The lowest BCUT2D eigenvalue weighted by Crippen LogP contribution is -2.14. The molecular formula is C14H17N3O. The first-order valence-corrected chi connectivity index (χ1v) is 6.14. The van der Waals surface area contributed by atoms with Crippen LogP contribution >= 0.6 is 0 Å². The van der Waals surface area contributed by atoms with E-state index < -0.39 is 0 Å². The number of aromatic nitrogens is 2. The van der Waals surface area contributed by atoms with Crippen LogP contribution in [0.2, 0.25) is 0 Å². The number of nitrogens with zero attached hydrogens (tertiary/aromatic N) is 1. The van der Waals surface area contributed by atoms with Crippen LogP contribution in [-0.4, -0.2) is 9.97 Å². The second-order valence-electron chi connectivity index (χ2n) is 4.29. The summed E-state index contributed by atoms with van der Waals surface area (Å²) in [6.07, 6.45) is 6.45. The van der Waals surface area contributed by atoms with Gasteiger partial charge in [-0.15, -0.1) is 0 Å². The SMILES string of the molecule is CCCCc1[nH]c(=O)c(N)cc1-c1ccncc1. The van der Waals surface area contributed by atoms with Crippen LogP contribution in [0, 0.1) is 0 Å². The summed E-state index contributed by atoms with van der Waals surface area (Å²) in [6.45, 7) is 2.13. The number of aryl methyl sites for hydroxylation is 1. The van der Waals surface area contributed by atoms with Crippen molar-refractivity contribution in [2.24, 2.45) is 0 Å². The molecule has 0 amide bonds. The van der Waals surface area contributed by atoms with Crippen molar-refractivity contribution in [2.45, 2.75) is 26.2 Å². The van der Waals surface area contributed by atoms with E-state index in [-0.39, 0.29) is 11.2 Å². The van der Waals surface area contributed by atoms with E-state index in [4.69, 9.17) is 5.73 Å². The highest BCUT2D eigenvalue weighted by Gasteiger charge is 2.08. The lowest BCUT2D eigenvalue weighted by molar-refractivity contribution is 0.775. The van der Waals surface area contributed by atoms with E-state index in [0.717, 1.165) is 36.1 Å². The molecule has 2 aromatic heterocycles. The van der Waals surface area contributed by atoms with E-state index in [2.05, 4.69) is 16.9 Å². The van der Waals surface area contributed by atoms with E-state index in [1.807, 2.05) is 12.1 Å². The fourth-order valence-electron chi connectivity index (χ4n) is 1.92. The van der Waals surface area contributed by atoms with Crippen LogP contribution in [0.1, 0.15) is 25.5 Å². The molecule has 0 aliphatic rings. The van der Waals surface area contributed by atoms with Crippen molar-refractivity contribution in [1.29, 1.82) is 0 Å². The van der Waals surface area contributed by atoms with Crippen LogP contribution in [0.25, 0.3) is 11.1 Å². The number of anilines is 1. The molecule has 0 fully saturated rings. The lowest BCUT2D eigenvalue weighted by Gasteiger charge is -2.10. The number of hydrogen-bond acceptors (Lipinski definition) is 3. The number of rotatable bonds is 4. The van der Waals surface area contributed by atoms with Crippen molar-refractivity contribution in [3.8, 4) is 11.1 Å². The Hall–Kier alpha value is -2.10. The third-order valence-electron chi connectivity index (χ3n) is 2.92. The summed E-state index contributed by atoms with van der Waals surface area (Å²) in [6, 6.07) is 5.59. The van der Waals surface area contributed by atoms with Gasteiger partial charge < -0.3 is 10.7 Å². The number of nitrogens with two attached hydrogens (primary N) is 1. The van der Waals surface area contributed by atoms with Crippen molar-refractivity contribution in [3.05, 3.63) is 46.6 Å². The third-order valence-corrected chi connectivity index (χ3v) is 2.92. The number of H-pyrrole nitrogens is 1. The van der Waals surface area contributed by atoms with Crippen molar-refractivity contribution in [1.82, 2.24) is 9.97 Å². The molecule has 2 rings (SSSR count). The summed E-state index contributed by atoms with van der Waals surface area (Å²) >= 11 is 0. The van der Waals surface area contributed by atoms with Crippen LogP contribution in [-0.2, 0) is 6.42 Å². The van der Waals surface area contributed by atoms with Gasteiger partial charge >= 0.3 is 0 Å². The number of pyridine rings is 2. The van der Waals surface area contributed by atoms with Gasteiger partial charge in [-0.2, -0.15) is 0 Å². The standard InChI is InChI=1S/C14H17N3O/c1-2-3-4-13-11(9-12(15)14(18)17-13)10-5-7-16-8-6-10/h5-9H,2-4,15H2,1H3,(H,17,18). The summed E-state index contributed by atoms with van der Waals surface area (Å²) < 4.78 is 0. The molecule has 18 heavy (non-hydrogen) atoms. The number of nitrogen functional groups attached to an aromatic ring is 1. The summed E-state index contributed by atoms with van der Waals surface area (Å²) in [4.78, 5) is 18.5. The quantitative estimate of drug-likeness (QED) is 0.865. The van der Waals surface area contributed by atoms with Crippen LogP contribution in [0.15, 0.2) is 35.4 Å². The third kappa shape index (κ3) is 2.59. The Kier molecular flexibility index (Phi) is 3.77. The molecule has 0 spiro atoms. The molecule has 0 aliphatic heterocycles. The van der Waals surface area contributed by atoms with Crippen LogP contribution in [0.4, 0.5) is 5.69 Å². The molecule has 0 unspecified atom stereocenters. The van der Waals surface area contributed by atoms with Gasteiger partial charge in [-0.25, -0.2) is 0 Å². The number of unbranched alkanes of at least 4 members (excludes halogenated alkanes) is 1. The highest BCUT2D eigenvalue weighted by molar-refractivity contribution is 5.68. The molecule has 2 heterocycles. The molecule has 0 saturated heterocycles. The maximum atomic E-state index is 11.6. The Morgan fingerprint density at radius 2 is 2.06 bits per heavy atom. The number of aromatic amines is 1. The molecule has 3 N–H and O–H groups in total. The van der Waals surface area contributed by atoms with Gasteiger partial charge in [0.25, 0.3) is 5.56 Å². The Morgan fingerprint density at radius 3 is 2.72 bits per heavy atom. The predicted octanol–water partition coefficient (Wildman–Crippen LogP) is 2.36. The Labute approximate surface area is 106 Å². The van der Waals surface area contributed by atoms with Gasteiger partial charge in [0.15, 0.2) is 0 Å². The van der Waals surface area contributed by atoms with Gasteiger partial charge in [0, 0.05) is 23.7 Å².